The summed E-state index contributed by atoms with van der Waals surface area (Å²) in [5, 5.41) is 102. The van der Waals surface area contributed by atoms with Crippen LogP contribution in [0.1, 0.15) is 22.3 Å². The standard InChI is InChI=1S/C27H36O14/c1-10-3-14(30)12(16(5-10)38-26-24(36)22(34)20(32)18(8-28)40-26)7-13-15(31)4-11(2)6-17(13)39-27-25(37)23(35)21(33)19(9-29)41-27/h3-6,18-37H,7-9H2,1-2H3. The molecule has 228 valence electrons. The normalized spacial score (nSPS) is 33.9. The Morgan fingerprint density at radius 2 is 0.951 bits per heavy atom. The number of phenolic OH excluding ortho intramolecular Hbond substituents is 2. The van der Waals surface area contributed by atoms with Crippen LogP contribution >= 0.6 is 0 Å². The summed E-state index contributed by atoms with van der Waals surface area (Å²) in [6.45, 7) is 1.96. The van der Waals surface area contributed by atoms with E-state index in [1.807, 2.05) is 0 Å². The lowest BCUT2D eigenvalue weighted by Crippen LogP contribution is -2.60. The van der Waals surface area contributed by atoms with Gasteiger partial charge in [0.05, 0.1) is 13.2 Å². The van der Waals surface area contributed by atoms with E-state index in [4.69, 9.17) is 18.9 Å². The Bertz CT molecular complexity index is 1110. The number of ether oxygens (including phenoxy) is 4. The fourth-order valence-corrected chi connectivity index (χ4v) is 4.85. The van der Waals surface area contributed by atoms with Crippen molar-refractivity contribution in [3.63, 3.8) is 0 Å². The van der Waals surface area contributed by atoms with Gasteiger partial charge in [-0.2, -0.15) is 0 Å². The van der Waals surface area contributed by atoms with Crippen LogP contribution in [0.4, 0.5) is 0 Å². The maximum Gasteiger partial charge on any atom is 0.229 e. The number of aliphatic hydroxyl groups is 8. The number of benzene rings is 2. The van der Waals surface area contributed by atoms with Crippen LogP contribution in [0.3, 0.4) is 0 Å². The number of aryl methyl sites for hydroxylation is 2. The lowest BCUT2D eigenvalue weighted by molar-refractivity contribution is -0.277. The Morgan fingerprint density at radius 3 is 1.29 bits per heavy atom. The molecule has 2 aliphatic heterocycles. The number of hydrogen-bond donors (Lipinski definition) is 10. The molecule has 10 unspecified atom stereocenters. The molecule has 14 heteroatoms. The molecule has 2 aromatic carbocycles. The second-order valence-electron chi connectivity index (χ2n) is 10.3. The molecule has 0 spiro atoms. The second kappa shape index (κ2) is 12.6. The summed E-state index contributed by atoms with van der Waals surface area (Å²) < 4.78 is 22.5. The van der Waals surface area contributed by atoms with Gasteiger partial charge in [0.15, 0.2) is 0 Å². The Balaban J connectivity index is 1.68. The summed E-state index contributed by atoms with van der Waals surface area (Å²) in [6, 6.07) is 5.83. The Labute approximate surface area is 234 Å². The van der Waals surface area contributed by atoms with Gasteiger partial charge < -0.3 is 70.0 Å². The van der Waals surface area contributed by atoms with E-state index in [9.17, 15) is 51.1 Å². The topological polar surface area (TPSA) is 239 Å². The summed E-state index contributed by atoms with van der Waals surface area (Å²) in [4.78, 5) is 0. The van der Waals surface area contributed by atoms with E-state index in [-0.39, 0.29) is 40.5 Å². The van der Waals surface area contributed by atoms with E-state index in [0.29, 0.717) is 11.1 Å². The number of hydrogen-bond acceptors (Lipinski definition) is 14. The van der Waals surface area contributed by atoms with Crippen molar-refractivity contribution in [3.05, 3.63) is 46.5 Å². The number of aliphatic hydroxyl groups excluding tert-OH is 8. The van der Waals surface area contributed by atoms with Gasteiger partial charge in [0.1, 0.15) is 71.8 Å². The maximum atomic E-state index is 10.9. The predicted octanol–water partition coefficient (Wildman–Crippen LogP) is -2.34. The van der Waals surface area contributed by atoms with Gasteiger partial charge in [0.25, 0.3) is 0 Å². The molecule has 0 amide bonds. The van der Waals surface area contributed by atoms with Crippen molar-refractivity contribution in [2.24, 2.45) is 0 Å². The molecule has 0 saturated carbocycles. The zero-order chi connectivity index (χ0) is 30.2. The van der Waals surface area contributed by atoms with E-state index in [2.05, 4.69) is 0 Å². The third kappa shape index (κ3) is 6.36. The van der Waals surface area contributed by atoms with E-state index in [1.165, 1.54) is 24.3 Å². The first-order valence-corrected chi connectivity index (χ1v) is 13.0. The fraction of sp³-hybridized carbons (Fsp3) is 0.556. The van der Waals surface area contributed by atoms with Crippen molar-refractivity contribution in [1.82, 2.24) is 0 Å². The van der Waals surface area contributed by atoms with Crippen LogP contribution in [0.15, 0.2) is 24.3 Å². The van der Waals surface area contributed by atoms with Crippen molar-refractivity contribution in [2.45, 2.75) is 81.7 Å². The molecule has 2 fully saturated rings. The summed E-state index contributed by atoms with van der Waals surface area (Å²) in [5.74, 6) is -0.595. The highest BCUT2D eigenvalue weighted by atomic mass is 16.7. The molecular weight excluding hydrogens is 548 g/mol. The van der Waals surface area contributed by atoms with E-state index in [0.717, 1.165) is 0 Å². The molecule has 0 aliphatic carbocycles. The lowest BCUT2D eigenvalue weighted by Gasteiger charge is -2.40. The van der Waals surface area contributed by atoms with E-state index < -0.39 is 74.6 Å². The molecule has 10 N–H and O–H groups in total. The Morgan fingerprint density at radius 1 is 0.585 bits per heavy atom. The molecule has 2 aromatic rings. The highest BCUT2D eigenvalue weighted by molar-refractivity contribution is 5.55. The van der Waals surface area contributed by atoms with Crippen LogP contribution in [0.5, 0.6) is 23.0 Å². The summed E-state index contributed by atoms with van der Waals surface area (Å²) >= 11 is 0. The zero-order valence-electron chi connectivity index (χ0n) is 22.3. The smallest absolute Gasteiger partial charge is 0.229 e. The quantitative estimate of drug-likeness (QED) is 0.157. The minimum Gasteiger partial charge on any atom is -0.508 e. The molecule has 14 nitrogen and oxygen atoms in total. The molecule has 2 saturated heterocycles. The zero-order valence-corrected chi connectivity index (χ0v) is 22.3. The first kappa shape index (κ1) is 31.2. The van der Waals surface area contributed by atoms with Gasteiger partial charge in [-0.15, -0.1) is 0 Å². The Kier molecular flexibility index (Phi) is 9.60. The van der Waals surface area contributed by atoms with Gasteiger partial charge in [0.2, 0.25) is 12.6 Å². The summed E-state index contributed by atoms with van der Waals surface area (Å²) in [5.41, 5.74) is 1.25. The van der Waals surface area contributed by atoms with E-state index >= 15 is 0 Å². The molecule has 4 rings (SSSR count). The van der Waals surface area contributed by atoms with Crippen molar-refractivity contribution in [2.75, 3.05) is 13.2 Å². The van der Waals surface area contributed by atoms with Crippen LogP contribution in [0, 0.1) is 13.8 Å². The minimum atomic E-state index is -1.72. The molecule has 10 atom stereocenters. The van der Waals surface area contributed by atoms with Crippen LogP contribution in [-0.2, 0) is 15.9 Å². The number of rotatable bonds is 8. The first-order chi connectivity index (χ1) is 19.4. The van der Waals surface area contributed by atoms with Gasteiger partial charge >= 0.3 is 0 Å². The third-order valence-corrected chi connectivity index (χ3v) is 7.20. The summed E-state index contributed by atoms with van der Waals surface area (Å²) in [6.07, 6.45) is -15.9. The van der Waals surface area contributed by atoms with Gasteiger partial charge in [-0.3, -0.25) is 0 Å². The Hall–Kier alpha value is -2.76. The fourth-order valence-electron chi connectivity index (χ4n) is 4.85. The average molecular weight is 585 g/mol. The highest BCUT2D eigenvalue weighted by Gasteiger charge is 2.46. The third-order valence-electron chi connectivity index (χ3n) is 7.20. The van der Waals surface area contributed by atoms with Gasteiger partial charge in [-0.25, -0.2) is 0 Å². The van der Waals surface area contributed by atoms with Gasteiger partial charge in [-0.05, 0) is 49.2 Å². The van der Waals surface area contributed by atoms with Crippen molar-refractivity contribution < 1.29 is 70.0 Å². The average Bonchev–Trinajstić information content (AvgIpc) is 2.92. The minimum absolute atomic E-state index is 0.0226. The number of phenols is 2. The van der Waals surface area contributed by atoms with Crippen LogP contribution in [0.2, 0.25) is 0 Å². The first-order valence-electron chi connectivity index (χ1n) is 13.0. The van der Waals surface area contributed by atoms with Crippen molar-refractivity contribution >= 4 is 0 Å². The summed E-state index contributed by atoms with van der Waals surface area (Å²) in [7, 11) is 0. The van der Waals surface area contributed by atoms with Crippen LogP contribution < -0.4 is 9.47 Å². The van der Waals surface area contributed by atoms with Gasteiger partial charge in [-0.1, -0.05) is 0 Å². The second-order valence-corrected chi connectivity index (χ2v) is 10.3. The molecule has 41 heavy (non-hydrogen) atoms. The molecular formula is C27H36O14. The SMILES string of the molecule is Cc1cc(O)c(Cc2c(O)cc(C)cc2OC2OC(CO)C(O)C(O)C2O)c(OC2OC(CO)C(O)C(O)C2O)c1. The number of aromatic hydroxyl groups is 2. The molecule has 0 aromatic heterocycles. The maximum absolute atomic E-state index is 10.9. The highest BCUT2D eigenvalue weighted by Crippen LogP contribution is 2.40. The van der Waals surface area contributed by atoms with Gasteiger partial charge in [0, 0.05) is 17.5 Å². The lowest BCUT2D eigenvalue weighted by atomic mass is 9.97. The largest absolute Gasteiger partial charge is 0.508 e. The molecule has 0 bridgehead atoms. The molecule has 2 aliphatic rings. The predicted molar refractivity (Wildman–Crippen MR) is 137 cm³/mol. The van der Waals surface area contributed by atoms with Crippen molar-refractivity contribution in [3.8, 4) is 23.0 Å². The van der Waals surface area contributed by atoms with E-state index in [1.54, 1.807) is 13.8 Å². The van der Waals surface area contributed by atoms with Crippen molar-refractivity contribution in [1.29, 1.82) is 0 Å². The molecule has 0 radical (unpaired) electrons. The molecule has 2 heterocycles. The monoisotopic (exact) mass is 584 g/mol. The van der Waals surface area contributed by atoms with Crippen LogP contribution in [-0.4, -0.2) is 126 Å². The van der Waals surface area contributed by atoms with Crippen LogP contribution in [0.25, 0.3) is 0 Å².